The minimum Gasteiger partial charge on any atom is -0.480 e. The summed E-state index contributed by atoms with van der Waals surface area (Å²) in [5.41, 5.74) is 1.71. The molecule has 0 saturated heterocycles. The molecule has 18 heavy (non-hydrogen) atoms. The van der Waals surface area contributed by atoms with Crippen molar-refractivity contribution in [1.29, 1.82) is 0 Å². The van der Waals surface area contributed by atoms with E-state index in [9.17, 15) is 13.2 Å². The number of benzene rings is 1. The zero-order valence-electron chi connectivity index (χ0n) is 10.5. The zero-order chi connectivity index (χ0) is 13.9. The first-order valence-corrected chi connectivity index (χ1v) is 6.72. The molecule has 0 aliphatic rings. The lowest BCUT2D eigenvalue weighted by Crippen LogP contribution is -2.29. The maximum Gasteiger partial charge on any atom is 0.318 e. The van der Waals surface area contributed by atoms with Gasteiger partial charge in [-0.1, -0.05) is 6.07 Å². The second-order valence-electron chi connectivity index (χ2n) is 4.06. The van der Waals surface area contributed by atoms with Crippen LogP contribution in [0.3, 0.4) is 0 Å². The molecule has 1 aromatic carbocycles. The number of hydrogen-bond acceptors (Lipinski definition) is 4. The highest BCUT2D eigenvalue weighted by Gasteiger charge is 2.16. The van der Waals surface area contributed by atoms with Crippen LogP contribution >= 0.6 is 0 Å². The van der Waals surface area contributed by atoms with Gasteiger partial charge in [0.15, 0.2) is 0 Å². The molecule has 0 saturated carbocycles. The van der Waals surface area contributed by atoms with E-state index in [0.717, 1.165) is 11.3 Å². The summed E-state index contributed by atoms with van der Waals surface area (Å²) in [6.45, 7) is 1.24. The van der Waals surface area contributed by atoms with Gasteiger partial charge in [0.2, 0.25) is 10.0 Å². The van der Waals surface area contributed by atoms with Crippen LogP contribution in [0.5, 0.6) is 0 Å². The molecule has 0 amide bonds. The molecule has 7 heteroatoms. The quantitative estimate of drug-likeness (QED) is 0.811. The van der Waals surface area contributed by atoms with E-state index in [1.165, 1.54) is 12.1 Å². The van der Waals surface area contributed by atoms with Crippen molar-refractivity contribution in [2.24, 2.45) is 0 Å². The number of rotatable bonds is 5. The summed E-state index contributed by atoms with van der Waals surface area (Å²) in [6, 6.07) is 4.65. The van der Waals surface area contributed by atoms with E-state index in [-0.39, 0.29) is 4.90 Å². The molecule has 6 nitrogen and oxygen atoms in total. The minimum absolute atomic E-state index is 0.0538. The highest BCUT2D eigenvalue weighted by Crippen LogP contribution is 2.22. The summed E-state index contributed by atoms with van der Waals surface area (Å²) in [4.78, 5) is 12.2. The van der Waals surface area contributed by atoms with Crippen LogP contribution in [0.2, 0.25) is 0 Å². The Morgan fingerprint density at radius 3 is 2.50 bits per heavy atom. The molecule has 0 heterocycles. The predicted octanol–water partition coefficient (Wildman–Crippen LogP) is 0.424. The van der Waals surface area contributed by atoms with Crippen LogP contribution in [0, 0.1) is 6.92 Å². The molecule has 0 fully saturated rings. The number of carboxylic acid groups (broad SMARTS) is 1. The van der Waals surface area contributed by atoms with E-state index in [2.05, 4.69) is 0 Å². The maximum atomic E-state index is 11.8. The molecular formula is C11H16N2O4S. The first kappa shape index (κ1) is 14.5. The fourth-order valence-corrected chi connectivity index (χ4v) is 2.47. The maximum absolute atomic E-state index is 11.8. The SMILES string of the molecule is Cc1ccc(S(=O)(=O)NCC(=O)O)cc1N(C)C. The summed E-state index contributed by atoms with van der Waals surface area (Å²) in [7, 11) is -0.168. The largest absolute Gasteiger partial charge is 0.480 e. The molecule has 0 atom stereocenters. The van der Waals surface area contributed by atoms with Gasteiger partial charge >= 0.3 is 5.97 Å². The van der Waals surface area contributed by atoms with Crippen molar-refractivity contribution in [3.63, 3.8) is 0 Å². The van der Waals surface area contributed by atoms with Gasteiger partial charge in [-0.15, -0.1) is 0 Å². The number of aryl methyl sites for hydroxylation is 1. The van der Waals surface area contributed by atoms with Crippen LogP contribution in [-0.4, -0.2) is 40.1 Å². The van der Waals surface area contributed by atoms with Gasteiger partial charge in [0.25, 0.3) is 0 Å². The summed E-state index contributed by atoms with van der Waals surface area (Å²) < 4.78 is 25.7. The van der Waals surface area contributed by atoms with Crippen LogP contribution < -0.4 is 9.62 Å². The van der Waals surface area contributed by atoms with Crippen LogP contribution in [-0.2, 0) is 14.8 Å². The number of anilines is 1. The third-order valence-corrected chi connectivity index (χ3v) is 3.79. The molecule has 0 aliphatic carbocycles. The summed E-state index contributed by atoms with van der Waals surface area (Å²) in [5, 5.41) is 8.48. The lowest BCUT2D eigenvalue weighted by molar-refractivity contribution is -0.135. The molecule has 0 bridgehead atoms. The van der Waals surface area contributed by atoms with Gasteiger partial charge in [-0.3, -0.25) is 4.79 Å². The van der Waals surface area contributed by atoms with E-state index in [1.54, 1.807) is 11.0 Å². The topological polar surface area (TPSA) is 86.7 Å². The van der Waals surface area contributed by atoms with E-state index in [0.29, 0.717) is 0 Å². The first-order valence-electron chi connectivity index (χ1n) is 5.23. The van der Waals surface area contributed by atoms with E-state index < -0.39 is 22.5 Å². The molecule has 0 aliphatic heterocycles. The van der Waals surface area contributed by atoms with Crippen molar-refractivity contribution in [2.75, 3.05) is 25.5 Å². The van der Waals surface area contributed by atoms with Crippen molar-refractivity contribution >= 4 is 21.7 Å². The summed E-state index contributed by atoms with van der Waals surface area (Å²) >= 11 is 0. The first-order chi connectivity index (χ1) is 8.24. The molecule has 0 unspecified atom stereocenters. The van der Waals surface area contributed by atoms with Gasteiger partial charge in [-0.2, -0.15) is 4.72 Å². The van der Waals surface area contributed by atoms with E-state index in [1.807, 2.05) is 25.7 Å². The third-order valence-electron chi connectivity index (χ3n) is 2.39. The van der Waals surface area contributed by atoms with Crippen LogP contribution in [0.15, 0.2) is 23.1 Å². The van der Waals surface area contributed by atoms with Crippen LogP contribution in [0.1, 0.15) is 5.56 Å². The highest BCUT2D eigenvalue weighted by molar-refractivity contribution is 7.89. The van der Waals surface area contributed by atoms with Crippen molar-refractivity contribution in [2.45, 2.75) is 11.8 Å². The Morgan fingerprint density at radius 2 is 2.00 bits per heavy atom. The number of nitrogens with zero attached hydrogens (tertiary/aromatic N) is 1. The average molecular weight is 272 g/mol. The van der Waals surface area contributed by atoms with E-state index in [4.69, 9.17) is 5.11 Å². The Balaban J connectivity index is 3.10. The fraction of sp³-hybridized carbons (Fsp3) is 0.364. The molecule has 100 valence electrons. The van der Waals surface area contributed by atoms with Gasteiger partial charge in [-0.05, 0) is 24.6 Å². The predicted molar refractivity (Wildman–Crippen MR) is 68.3 cm³/mol. The number of nitrogens with one attached hydrogen (secondary N) is 1. The second kappa shape index (κ2) is 5.36. The zero-order valence-corrected chi connectivity index (χ0v) is 11.3. The Bertz CT molecular complexity index is 552. The molecule has 0 spiro atoms. The van der Waals surface area contributed by atoms with Gasteiger partial charge < -0.3 is 10.0 Å². The lowest BCUT2D eigenvalue weighted by Gasteiger charge is -2.16. The summed E-state index contributed by atoms with van der Waals surface area (Å²) in [6.07, 6.45) is 0. The summed E-state index contributed by atoms with van der Waals surface area (Å²) in [5.74, 6) is -1.22. The molecule has 1 rings (SSSR count). The average Bonchev–Trinajstić information content (AvgIpc) is 2.26. The Labute approximate surface area is 106 Å². The lowest BCUT2D eigenvalue weighted by atomic mass is 10.2. The van der Waals surface area contributed by atoms with Crippen LogP contribution in [0.4, 0.5) is 5.69 Å². The number of aliphatic carboxylic acids is 1. The molecule has 2 N–H and O–H groups in total. The molecule has 1 aromatic rings. The second-order valence-corrected chi connectivity index (χ2v) is 5.83. The van der Waals surface area contributed by atoms with Crippen molar-refractivity contribution < 1.29 is 18.3 Å². The fourth-order valence-electron chi connectivity index (χ4n) is 1.48. The number of carbonyl (C=O) groups is 1. The standard InChI is InChI=1S/C11H16N2O4S/c1-8-4-5-9(6-10(8)13(2)3)18(16,17)12-7-11(14)15/h4-6,12H,7H2,1-3H3,(H,14,15). The normalized spacial score (nSPS) is 11.3. The van der Waals surface area contributed by atoms with Gasteiger partial charge in [-0.25, -0.2) is 8.42 Å². The van der Waals surface area contributed by atoms with Gasteiger partial charge in [0.05, 0.1) is 4.90 Å². The Kier molecular flexibility index (Phi) is 4.31. The monoisotopic (exact) mass is 272 g/mol. The van der Waals surface area contributed by atoms with Gasteiger partial charge in [0.1, 0.15) is 6.54 Å². The smallest absolute Gasteiger partial charge is 0.318 e. The number of hydrogen-bond donors (Lipinski definition) is 2. The molecule has 0 radical (unpaired) electrons. The Morgan fingerprint density at radius 1 is 1.39 bits per heavy atom. The van der Waals surface area contributed by atoms with Crippen LogP contribution in [0.25, 0.3) is 0 Å². The number of carboxylic acids is 1. The van der Waals surface area contributed by atoms with Crippen molar-refractivity contribution in [3.8, 4) is 0 Å². The highest BCUT2D eigenvalue weighted by atomic mass is 32.2. The van der Waals surface area contributed by atoms with Gasteiger partial charge in [0, 0.05) is 19.8 Å². The number of sulfonamides is 1. The third kappa shape index (κ3) is 3.44. The minimum atomic E-state index is -3.79. The Hall–Kier alpha value is -1.60. The molecule has 0 aromatic heterocycles. The van der Waals surface area contributed by atoms with E-state index >= 15 is 0 Å². The van der Waals surface area contributed by atoms with Crippen molar-refractivity contribution in [1.82, 2.24) is 4.72 Å². The van der Waals surface area contributed by atoms with Crippen molar-refractivity contribution in [3.05, 3.63) is 23.8 Å². The molecular weight excluding hydrogens is 256 g/mol.